The van der Waals surface area contributed by atoms with E-state index in [2.05, 4.69) is 15.9 Å². The number of ether oxygens (including phenoxy) is 1. The monoisotopic (exact) mass is 441 g/mol. The minimum absolute atomic E-state index is 0.184. The summed E-state index contributed by atoms with van der Waals surface area (Å²) in [6, 6.07) is 7.99. The number of carbonyl (C=O) groups is 2. The lowest BCUT2D eigenvalue weighted by molar-refractivity contribution is -0.149. The fraction of sp³-hybridized carbons (Fsp3) is 0.333. The first-order chi connectivity index (χ1) is 11.9. The number of thiophene rings is 1. The maximum absolute atomic E-state index is 12.0. The van der Waals surface area contributed by atoms with Gasteiger partial charge in [0.2, 0.25) is 0 Å². The zero-order valence-electron chi connectivity index (χ0n) is 14.4. The van der Waals surface area contributed by atoms with E-state index < -0.39 is 0 Å². The Morgan fingerprint density at radius 1 is 1.28 bits per heavy atom. The Morgan fingerprint density at radius 2 is 2.04 bits per heavy atom. The highest BCUT2D eigenvalue weighted by Gasteiger charge is 2.14. The second-order valence-corrected chi connectivity index (χ2v) is 8.55. The Balaban J connectivity index is 1.77. The van der Waals surface area contributed by atoms with E-state index in [1.165, 1.54) is 11.8 Å². The van der Waals surface area contributed by atoms with Crippen LogP contribution in [0.5, 0.6) is 0 Å². The molecule has 1 aromatic carbocycles. The first kappa shape index (κ1) is 20.0. The molecule has 0 saturated carbocycles. The molecule has 0 aliphatic carbocycles. The average molecular weight is 442 g/mol. The molecule has 0 unspecified atom stereocenters. The van der Waals surface area contributed by atoms with Gasteiger partial charge in [0.1, 0.15) is 0 Å². The Labute approximate surface area is 164 Å². The molecule has 0 aliphatic rings. The molecule has 0 saturated heterocycles. The summed E-state index contributed by atoms with van der Waals surface area (Å²) in [6.07, 6.45) is 0. The average Bonchev–Trinajstić information content (AvgIpc) is 3.07. The third-order valence-corrected chi connectivity index (χ3v) is 6.40. The quantitative estimate of drug-likeness (QED) is 0.471. The topological polar surface area (TPSA) is 46.6 Å². The molecular formula is C18H20BrNO3S2. The molecule has 0 atom stereocenters. The van der Waals surface area contributed by atoms with Gasteiger partial charge in [0.05, 0.1) is 12.3 Å². The van der Waals surface area contributed by atoms with Gasteiger partial charge in [-0.1, -0.05) is 22.0 Å². The Hall–Kier alpha value is -1.31. The van der Waals surface area contributed by atoms with Gasteiger partial charge in [-0.25, -0.2) is 0 Å². The maximum Gasteiger partial charge on any atom is 0.316 e. The number of halogens is 1. The number of carbonyl (C=O) groups excluding carboxylic acids is 2. The van der Waals surface area contributed by atoms with Crippen molar-refractivity contribution in [3.8, 4) is 0 Å². The van der Waals surface area contributed by atoms with Crippen LogP contribution in [0.3, 0.4) is 0 Å². The van der Waals surface area contributed by atoms with Gasteiger partial charge < -0.3 is 9.64 Å². The number of amides is 1. The summed E-state index contributed by atoms with van der Waals surface area (Å²) in [5, 5.41) is 1.97. The first-order valence-electron chi connectivity index (χ1n) is 7.68. The summed E-state index contributed by atoms with van der Waals surface area (Å²) in [5.74, 6) is -0.408. The van der Waals surface area contributed by atoms with E-state index in [4.69, 9.17) is 4.74 Å². The highest BCUT2D eigenvalue weighted by Crippen LogP contribution is 2.28. The van der Waals surface area contributed by atoms with Crippen LogP contribution in [0.1, 0.15) is 16.0 Å². The van der Waals surface area contributed by atoms with E-state index in [1.807, 2.05) is 43.5 Å². The van der Waals surface area contributed by atoms with E-state index in [0.29, 0.717) is 6.54 Å². The molecule has 0 N–H and O–H groups in total. The van der Waals surface area contributed by atoms with Gasteiger partial charge in [0.15, 0.2) is 6.61 Å². The van der Waals surface area contributed by atoms with Gasteiger partial charge in [-0.3, -0.25) is 9.59 Å². The fourth-order valence-electron chi connectivity index (χ4n) is 2.07. The molecule has 0 aliphatic heterocycles. The smallest absolute Gasteiger partial charge is 0.316 e. The normalized spacial score (nSPS) is 10.6. The van der Waals surface area contributed by atoms with Crippen molar-refractivity contribution in [1.29, 1.82) is 0 Å². The molecule has 134 valence electrons. The lowest BCUT2D eigenvalue weighted by Gasteiger charge is -2.16. The third-order valence-electron chi connectivity index (χ3n) is 3.56. The minimum atomic E-state index is -0.386. The van der Waals surface area contributed by atoms with Crippen molar-refractivity contribution in [3.05, 3.63) is 50.1 Å². The van der Waals surface area contributed by atoms with Crippen LogP contribution in [0.4, 0.5) is 0 Å². The molecule has 0 radical (unpaired) electrons. The molecule has 0 bridgehead atoms. The summed E-state index contributed by atoms with van der Waals surface area (Å²) >= 11 is 6.51. The molecule has 2 rings (SSSR count). The number of hydrogen-bond donors (Lipinski definition) is 0. The molecular weight excluding hydrogens is 422 g/mol. The minimum Gasteiger partial charge on any atom is -0.455 e. The van der Waals surface area contributed by atoms with Crippen LogP contribution in [0.15, 0.2) is 39.0 Å². The van der Waals surface area contributed by atoms with Crippen molar-refractivity contribution in [2.45, 2.75) is 25.3 Å². The van der Waals surface area contributed by atoms with E-state index in [-0.39, 0.29) is 24.2 Å². The van der Waals surface area contributed by atoms with Crippen LogP contribution < -0.4 is 0 Å². The summed E-state index contributed by atoms with van der Waals surface area (Å²) in [6.45, 7) is 4.31. The summed E-state index contributed by atoms with van der Waals surface area (Å²) in [7, 11) is 1.71. The maximum atomic E-state index is 12.0. The number of aryl methyl sites for hydroxylation is 2. The molecule has 4 nitrogen and oxygen atoms in total. The van der Waals surface area contributed by atoms with Crippen molar-refractivity contribution in [3.63, 3.8) is 0 Å². The van der Waals surface area contributed by atoms with E-state index >= 15 is 0 Å². The van der Waals surface area contributed by atoms with Crippen molar-refractivity contribution in [2.24, 2.45) is 0 Å². The molecule has 0 spiro atoms. The van der Waals surface area contributed by atoms with Crippen molar-refractivity contribution >= 4 is 50.9 Å². The number of hydrogen-bond acceptors (Lipinski definition) is 5. The second-order valence-electron chi connectivity index (χ2n) is 5.65. The van der Waals surface area contributed by atoms with Gasteiger partial charge in [-0.2, -0.15) is 0 Å². The zero-order valence-corrected chi connectivity index (χ0v) is 17.6. The van der Waals surface area contributed by atoms with Crippen LogP contribution >= 0.6 is 39.0 Å². The van der Waals surface area contributed by atoms with Crippen LogP contribution in [-0.4, -0.2) is 36.2 Å². The summed E-state index contributed by atoms with van der Waals surface area (Å²) in [4.78, 5) is 27.6. The highest BCUT2D eigenvalue weighted by atomic mass is 79.9. The van der Waals surface area contributed by atoms with Crippen LogP contribution in [0.2, 0.25) is 0 Å². The Kier molecular flexibility index (Phi) is 7.53. The molecule has 1 amide bonds. The lowest BCUT2D eigenvalue weighted by atomic mass is 10.2. The third kappa shape index (κ3) is 6.17. The molecule has 1 aromatic heterocycles. The fourth-order valence-corrected chi connectivity index (χ4v) is 4.18. The first-order valence-corrected chi connectivity index (χ1v) is 10.3. The van der Waals surface area contributed by atoms with Crippen LogP contribution in [-0.2, 0) is 20.9 Å². The largest absolute Gasteiger partial charge is 0.455 e. The van der Waals surface area contributed by atoms with Crippen LogP contribution in [0.25, 0.3) is 0 Å². The number of thioether (sulfide) groups is 1. The van der Waals surface area contributed by atoms with Crippen LogP contribution in [0, 0.1) is 13.8 Å². The SMILES string of the molecule is Cc1cc(SCC(=O)OCC(=O)N(C)Cc2cccs2)c(C)cc1Br. The van der Waals surface area contributed by atoms with Gasteiger partial charge in [-0.05, 0) is 48.6 Å². The van der Waals surface area contributed by atoms with E-state index in [0.717, 1.165) is 25.4 Å². The van der Waals surface area contributed by atoms with E-state index in [1.54, 1.807) is 23.3 Å². The Morgan fingerprint density at radius 3 is 2.72 bits per heavy atom. The van der Waals surface area contributed by atoms with Gasteiger partial charge in [0, 0.05) is 21.3 Å². The van der Waals surface area contributed by atoms with Crippen molar-refractivity contribution in [2.75, 3.05) is 19.4 Å². The molecule has 0 fully saturated rings. The standard InChI is InChI=1S/C18H20BrNO3S2/c1-12-8-16(13(2)7-15(12)19)25-11-18(22)23-10-17(21)20(3)9-14-5-4-6-24-14/h4-8H,9-11H2,1-3H3. The summed E-state index contributed by atoms with van der Waals surface area (Å²) in [5.41, 5.74) is 2.22. The second kappa shape index (κ2) is 9.40. The number of nitrogens with zero attached hydrogens (tertiary/aromatic N) is 1. The number of benzene rings is 1. The number of likely N-dealkylation sites (N-methyl/N-ethyl adjacent to an activating group) is 1. The number of esters is 1. The van der Waals surface area contributed by atoms with Gasteiger partial charge in [-0.15, -0.1) is 23.1 Å². The number of rotatable bonds is 7. The molecule has 7 heteroatoms. The van der Waals surface area contributed by atoms with Crippen molar-refractivity contribution < 1.29 is 14.3 Å². The summed E-state index contributed by atoms with van der Waals surface area (Å²) < 4.78 is 6.16. The van der Waals surface area contributed by atoms with Gasteiger partial charge >= 0.3 is 5.97 Å². The van der Waals surface area contributed by atoms with E-state index in [9.17, 15) is 9.59 Å². The Bertz CT molecular complexity index is 747. The highest BCUT2D eigenvalue weighted by molar-refractivity contribution is 9.10. The molecule has 25 heavy (non-hydrogen) atoms. The molecule has 1 heterocycles. The predicted octanol–water partition coefficient (Wildman–Crippen LogP) is 4.42. The molecule has 2 aromatic rings. The zero-order chi connectivity index (χ0) is 18.4. The lowest BCUT2D eigenvalue weighted by Crippen LogP contribution is -2.30. The van der Waals surface area contributed by atoms with Gasteiger partial charge in [0.25, 0.3) is 5.91 Å². The van der Waals surface area contributed by atoms with Crippen molar-refractivity contribution in [1.82, 2.24) is 4.90 Å². The predicted molar refractivity (Wildman–Crippen MR) is 106 cm³/mol.